The lowest BCUT2D eigenvalue weighted by Gasteiger charge is -1.97. The highest BCUT2D eigenvalue weighted by molar-refractivity contribution is 5.89. The van der Waals surface area contributed by atoms with Crippen molar-refractivity contribution in [2.24, 2.45) is 0 Å². The Morgan fingerprint density at radius 1 is 1.17 bits per heavy atom. The van der Waals surface area contributed by atoms with Gasteiger partial charge in [0.1, 0.15) is 5.69 Å². The van der Waals surface area contributed by atoms with Gasteiger partial charge < -0.3 is 9.63 Å². The first-order valence-electron chi connectivity index (χ1n) is 6.55. The van der Waals surface area contributed by atoms with Crippen LogP contribution in [0, 0.1) is 5.39 Å². The highest BCUT2D eigenvalue weighted by atomic mass is 16.5. The van der Waals surface area contributed by atoms with E-state index in [1.165, 1.54) is 12.1 Å². The predicted molar refractivity (Wildman–Crippen MR) is 80.8 cm³/mol. The van der Waals surface area contributed by atoms with Crippen LogP contribution in [0.15, 0.2) is 53.1 Å². The Morgan fingerprint density at radius 2 is 1.96 bits per heavy atom. The molecule has 0 saturated carbocycles. The summed E-state index contributed by atoms with van der Waals surface area (Å²) in [6, 6.07) is 13.1. The molecule has 0 aliphatic heterocycles. The first kappa shape index (κ1) is 14.2. The number of hydrogen-bond acceptors (Lipinski definition) is 6. The van der Waals surface area contributed by atoms with Crippen molar-refractivity contribution in [3.63, 3.8) is 0 Å². The minimum atomic E-state index is -1.02. The smallest absolute Gasteiger partial charge is 0.335 e. The summed E-state index contributed by atoms with van der Waals surface area (Å²) in [6.07, 6.45) is 0. The third kappa shape index (κ3) is 2.98. The standard InChI is InChI=1S/C15H9N5O3/c16-20-18-12-6-4-9(5-7-12)14-17-13(19-23-14)10-2-1-3-11(8-10)15(21)22/h1-8H,(H-,17,18,19,21,22)/p+1. The van der Waals surface area contributed by atoms with Crippen LogP contribution >= 0.6 is 0 Å². The Labute approximate surface area is 130 Å². The van der Waals surface area contributed by atoms with Crippen LogP contribution in [-0.2, 0) is 0 Å². The molecule has 1 aromatic heterocycles. The van der Waals surface area contributed by atoms with Crippen molar-refractivity contribution in [3.8, 4) is 22.8 Å². The van der Waals surface area contributed by atoms with E-state index in [0.717, 1.165) is 0 Å². The van der Waals surface area contributed by atoms with E-state index >= 15 is 0 Å². The molecule has 0 bridgehead atoms. The van der Waals surface area contributed by atoms with Crippen LogP contribution in [0.4, 0.5) is 5.69 Å². The number of aromatic nitrogens is 2. The molecule has 8 heteroatoms. The SMILES string of the molecule is N#[N+]Nc1ccc(-c2nc(-c3cccc(C(=O)O)c3)no2)cc1. The number of nitrogens with one attached hydrogen (secondary N) is 1. The number of aromatic carboxylic acids is 1. The van der Waals surface area contributed by atoms with E-state index in [1.807, 2.05) is 0 Å². The van der Waals surface area contributed by atoms with Crippen LogP contribution in [-0.4, -0.2) is 21.2 Å². The lowest BCUT2D eigenvalue weighted by molar-refractivity contribution is 0.0697. The summed E-state index contributed by atoms with van der Waals surface area (Å²) in [7, 11) is 0. The van der Waals surface area contributed by atoms with E-state index in [0.29, 0.717) is 28.5 Å². The minimum absolute atomic E-state index is 0.150. The molecule has 2 N–H and O–H groups in total. The highest BCUT2D eigenvalue weighted by Gasteiger charge is 2.12. The largest absolute Gasteiger partial charge is 0.478 e. The van der Waals surface area contributed by atoms with Crippen molar-refractivity contribution in [2.75, 3.05) is 5.43 Å². The van der Waals surface area contributed by atoms with Crippen molar-refractivity contribution in [3.05, 3.63) is 59.2 Å². The summed E-state index contributed by atoms with van der Waals surface area (Å²) in [6.45, 7) is 0. The zero-order valence-electron chi connectivity index (χ0n) is 11.7. The average molecular weight is 308 g/mol. The summed E-state index contributed by atoms with van der Waals surface area (Å²) in [5.74, 6) is -0.420. The lowest BCUT2D eigenvalue weighted by atomic mass is 10.1. The monoisotopic (exact) mass is 308 g/mol. The van der Waals surface area contributed by atoms with E-state index in [4.69, 9.17) is 15.0 Å². The zero-order chi connectivity index (χ0) is 16.2. The number of carboxylic acid groups (broad SMARTS) is 1. The molecule has 0 aliphatic rings. The number of benzene rings is 2. The molecule has 0 atom stereocenters. The lowest BCUT2D eigenvalue weighted by Crippen LogP contribution is -1.96. The van der Waals surface area contributed by atoms with Crippen molar-refractivity contribution in [2.45, 2.75) is 0 Å². The van der Waals surface area contributed by atoms with E-state index in [9.17, 15) is 4.79 Å². The van der Waals surface area contributed by atoms with Gasteiger partial charge in [0.05, 0.1) is 5.56 Å². The number of hydrogen-bond donors (Lipinski definition) is 2. The van der Waals surface area contributed by atoms with Crippen LogP contribution in [0.25, 0.3) is 27.9 Å². The second-order valence-corrected chi connectivity index (χ2v) is 4.60. The van der Waals surface area contributed by atoms with Crippen LogP contribution in [0.5, 0.6) is 0 Å². The maximum absolute atomic E-state index is 11.0. The van der Waals surface area contributed by atoms with Gasteiger partial charge in [-0.3, -0.25) is 0 Å². The second-order valence-electron chi connectivity index (χ2n) is 4.60. The number of diazo groups is 1. The molecule has 0 unspecified atom stereocenters. The van der Waals surface area contributed by atoms with Gasteiger partial charge in [-0.25, -0.2) is 4.79 Å². The molecule has 8 nitrogen and oxygen atoms in total. The number of rotatable bonds is 4. The molecule has 23 heavy (non-hydrogen) atoms. The molecule has 0 spiro atoms. The Kier molecular flexibility index (Phi) is 3.68. The molecule has 3 aromatic rings. The fourth-order valence-electron chi connectivity index (χ4n) is 1.99. The topological polar surface area (TPSA) is 116 Å². The number of carboxylic acids is 1. The molecule has 0 amide bonds. The molecule has 112 valence electrons. The van der Waals surface area contributed by atoms with Gasteiger partial charge in [-0.1, -0.05) is 17.3 Å². The fraction of sp³-hybridized carbons (Fsp3) is 0. The molecule has 3 rings (SSSR count). The quantitative estimate of drug-likeness (QED) is 0.561. The minimum Gasteiger partial charge on any atom is -0.478 e. The van der Waals surface area contributed by atoms with Gasteiger partial charge in [-0.15, -0.1) is 0 Å². The fourth-order valence-corrected chi connectivity index (χ4v) is 1.99. The van der Waals surface area contributed by atoms with Gasteiger partial charge in [-0.2, -0.15) is 4.98 Å². The Bertz CT molecular complexity index is 896. The Hall–Kier alpha value is -3.73. The second kappa shape index (κ2) is 5.95. The summed E-state index contributed by atoms with van der Waals surface area (Å²) in [5, 5.41) is 24.1. The molecule has 2 aromatic carbocycles. The Balaban J connectivity index is 1.90. The predicted octanol–water partition coefficient (Wildman–Crippen LogP) is 3.28. The molecule has 1 heterocycles. The number of nitrogens with zero attached hydrogens (tertiary/aromatic N) is 4. The van der Waals surface area contributed by atoms with Gasteiger partial charge in [-0.05, 0) is 41.8 Å². The summed E-state index contributed by atoms with van der Waals surface area (Å²) in [4.78, 5) is 15.3. The van der Waals surface area contributed by atoms with Crippen molar-refractivity contribution >= 4 is 11.7 Å². The molecular formula is C15H10N5O3+. The molecule has 0 aliphatic carbocycles. The van der Waals surface area contributed by atoms with Crippen LogP contribution < -0.4 is 5.43 Å². The Morgan fingerprint density at radius 3 is 2.65 bits per heavy atom. The summed E-state index contributed by atoms with van der Waals surface area (Å²) < 4.78 is 5.20. The zero-order valence-corrected chi connectivity index (χ0v) is 11.7. The highest BCUT2D eigenvalue weighted by Crippen LogP contribution is 2.24. The van der Waals surface area contributed by atoms with Crippen LogP contribution in [0.1, 0.15) is 10.4 Å². The normalized spacial score (nSPS) is 10.0. The van der Waals surface area contributed by atoms with E-state index in [1.54, 1.807) is 36.4 Å². The molecule has 0 fully saturated rings. The third-order valence-electron chi connectivity index (χ3n) is 3.10. The van der Waals surface area contributed by atoms with Crippen LogP contribution in [0.3, 0.4) is 0 Å². The van der Waals surface area contributed by atoms with Gasteiger partial charge in [0, 0.05) is 11.1 Å². The van der Waals surface area contributed by atoms with Gasteiger partial charge >= 0.3 is 11.1 Å². The van der Waals surface area contributed by atoms with Crippen LogP contribution in [0.2, 0.25) is 0 Å². The van der Waals surface area contributed by atoms with Crippen molar-refractivity contribution < 1.29 is 14.4 Å². The molecule has 0 saturated heterocycles. The van der Waals surface area contributed by atoms with E-state index < -0.39 is 5.97 Å². The van der Waals surface area contributed by atoms with Crippen molar-refractivity contribution in [1.29, 1.82) is 5.39 Å². The van der Waals surface area contributed by atoms with Gasteiger partial charge in [0.2, 0.25) is 5.82 Å². The van der Waals surface area contributed by atoms with E-state index in [-0.39, 0.29) is 5.56 Å². The number of carbonyl (C=O) groups is 1. The first-order valence-corrected chi connectivity index (χ1v) is 6.55. The van der Waals surface area contributed by atoms with Crippen molar-refractivity contribution in [1.82, 2.24) is 10.1 Å². The third-order valence-corrected chi connectivity index (χ3v) is 3.10. The maximum atomic E-state index is 11.0. The van der Waals surface area contributed by atoms with Gasteiger partial charge in [0.15, 0.2) is 0 Å². The number of anilines is 1. The molecular weight excluding hydrogens is 298 g/mol. The van der Waals surface area contributed by atoms with E-state index in [2.05, 4.69) is 20.7 Å². The van der Waals surface area contributed by atoms with Gasteiger partial charge in [0.25, 0.3) is 11.3 Å². The summed E-state index contributed by atoms with van der Waals surface area (Å²) in [5.41, 5.74) is 4.38. The molecule has 0 radical (unpaired) electrons. The maximum Gasteiger partial charge on any atom is 0.335 e. The first-order chi connectivity index (χ1) is 11.2. The summed E-state index contributed by atoms with van der Waals surface area (Å²) >= 11 is 0. The average Bonchev–Trinajstić information content (AvgIpc) is 3.06.